The van der Waals surface area contributed by atoms with Crippen LogP contribution >= 0.6 is 0 Å². The second kappa shape index (κ2) is 59.4. The van der Waals surface area contributed by atoms with Crippen molar-refractivity contribution < 1.29 is 28.6 Å². The standard InChI is InChI=1S/C65H114O6/c1-4-7-10-13-16-19-22-25-28-30-32-34-37-40-43-46-49-52-55-58-64(67)70-61-62(60-69-63(66)57-54-51-48-45-42-39-36-27-24-21-18-15-12-9-6-3)71-65(68)59-56-53-50-47-44-41-38-35-33-31-29-26-23-20-17-14-11-8-5-2/h16,19,25,27-28,31-34,36,40,43,62H,4-15,17-18,20-24,26,29-30,35,37-39,41-42,44-61H2,1-3H3/b19-16-,28-25-,33-31-,34-32-,36-27-,43-40-/t62-/m1/s1. The van der Waals surface area contributed by atoms with Gasteiger partial charge in [0.2, 0.25) is 0 Å². The molecule has 0 amide bonds. The van der Waals surface area contributed by atoms with E-state index < -0.39 is 6.10 Å². The molecule has 0 aromatic rings. The normalized spacial score (nSPS) is 12.5. The van der Waals surface area contributed by atoms with Crippen molar-refractivity contribution in [1.29, 1.82) is 0 Å². The van der Waals surface area contributed by atoms with E-state index in [1.165, 1.54) is 173 Å². The molecule has 0 fully saturated rings. The highest BCUT2D eigenvalue weighted by atomic mass is 16.6. The van der Waals surface area contributed by atoms with Crippen molar-refractivity contribution in [3.05, 3.63) is 72.9 Å². The molecule has 0 aromatic carbocycles. The SMILES string of the molecule is CCCCC/C=C\C/C=C\C/C=C\C/C=C\CCCCCC(=O)OC[C@@H](COC(=O)CCCCCCC/C=C\CCCCCCCC)OC(=O)CCCCCCCCC/C=C\CCCCCCCCCC. The third-order valence-electron chi connectivity index (χ3n) is 13.2. The van der Waals surface area contributed by atoms with Crippen LogP contribution in [0.1, 0.15) is 303 Å². The summed E-state index contributed by atoms with van der Waals surface area (Å²) in [5, 5.41) is 0. The summed E-state index contributed by atoms with van der Waals surface area (Å²) in [4.78, 5) is 38.2. The molecule has 0 aliphatic carbocycles. The van der Waals surface area contributed by atoms with Gasteiger partial charge in [-0.1, -0.05) is 241 Å². The number of unbranched alkanes of at least 4 members (excludes halogenated alkanes) is 32. The molecule has 1 atom stereocenters. The molecule has 0 N–H and O–H groups in total. The molecule has 0 aliphatic rings. The fourth-order valence-corrected chi connectivity index (χ4v) is 8.53. The van der Waals surface area contributed by atoms with Crippen molar-refractivity contribution in [2.24, 2.45) is 0 Å². The van der Waals surface area contributed by atoms with Crippen LogP contribution in [-0.4, -0.2) is 37.2 Å². The van der Waals surface area contributed by atoms with Crippen LogP contribution in [0.4, 0.5) is 0 Å². The largest absolute Gasteiger partial charge is 0.462 e. The van der Waals surface area contributed by atoms with Gasteiger partial charge in [-0.3, -0.25) is 14.4 Å². The van der Waals surface area contributed by atoms with E-state index in [9.17, 15) is 14.4 Å². The Hall–Kier alpha value is -3.15. The highest BCUT2D eigenvalue weighted by molar-refractivity contribution is 5.71. The van der Waals surface area contributed by atoms with Crippen molar-refractivity contribution in [3.8, 4) is 0 Å². The highest BCUT2D eigenvalue weighted by Crippen LogP contribution is 2.15. The molecule has 0 rings (SSSR count). The van der Waals surface area contributed by atoms with Crippen LogP contribution in [0.25, 0.3) is 0 Å². The first-order valence-electron chi connectivity index (χ1n) is 30.4. The van der Waals surface area contributed by atoms with Crippen molar-refractivity contribution in [2.75, 3.05) is 13.2 Å². The van der Waals surface area contributed by atoms with Crippen LogP contribution in [0, 0.1) is 0 Å². The summed E-state index contributed by atoms with van der Waals surface area (Å²) < 4.78 is 16.9. The fourth-order valence-electron chi connectivity index (χ4n) is 8.53. The monoisotopic (exact) mass is 991 g/mol. The Morgan fingerprint density at radius 2 is 0.507 bits per heavy atom. The zero-order valence-electron chi connectivity index (χ0n) is 47.0. The minimum Gasteiger partial charge on any atom is -0.462 e. The Balaban J connectivity index is 4.44. The smallest absolute Gasteiger partial charge is 0.306 e. The maximum absolute atomic E-state index is 12.9. The Kier molecular flexibility index (Phi) is 56.8. The maximum Gasteiger partial charge on any atom is 0.306 e. The van der Waals surface area contributed by atoms with Gasteiger partial charge in [0, 0.05) is 19.3 Å². The molecule has 0 saturated carbocycles. The predicted molar refractivity (Wildman–Crippen MR) is 307 cm³/mol. The van der Waals surface area contributed by atoms with E-state index in [1.807, 2.05) is 0 Å². The first-order chi connectivity index (χ1) is 35.0. The van der Waals surface area contributed by atoms with E-state index in [0.29, 0.717) is 19.3 Å². The van der Waals surface area contributed by atoms with E-state index in [-0.39, 0.29) is 31.1 Å². The van der Waals surface area contributed by atoms with Crippen molar-refractivity contribution in [3.63, 3.8) is 0 Å². The average Bonchev–Trinajstić information content (AvgIpc) is 3.37. The van der Waals surface area contributed by atoms with E-state index in [2.05, 4.69) is 93.7 Å². The van der Waals surface area contributed by atoms with Crippen LogP contribution in [0.3, 0.4) is 0 Å². The fraction of sp³-hybridized carbons (Fsp3) is 0.769. The molecule has 0 unspecified atom stereocenters. The lowest BCUT2D eigenvalue weighted by atomic mass is 10.1. The van der Waals surface area contributed by atoms with Gasteiger partial charge in [0.25, 0.3) is 0 Å². The summed E-state index contributed by atoms with van der Waals surface area (Å²) in [6, 6.07) is 0. The van der Waals surface area contributed by atoms with E-state index in [1.54, 1.807) is 0 Å². The second-order valence-electron chi connectivity index (χ2n) is 20.2. The number of carbonyl (C=O) groups is 3. The molecule has 0 radical (unpaired) electrons. The third kappa shape index (κ3) is 57.6. The van der Waals surface area contributed by atoms with Gasteiger partial charge in [-0.05, 0) is 116 Å². The van der Waals surface area contributed by atoms with Gasteiger partial charge in [-0.2, -0.15) is 0 Å². The molecule has 0 aromatic heterocycles. The molecule has 0 bridgehead atoms. The molecule has 410 valence electrons. The van der Waals surface area contributed by atoms with Gasteiger partial charge in [0.15, 0.2) is 6.10 Å². The second-order valence-corrected chi connectivity index (χ2v) is 20.2. The summed E-state index contributed by atoms with van der Waals surface area (Å²) in [5.41, 5.74) is 0. The number of carbonyl (C=O) groups excluding carboxylic acids is 3. The van der Waals surface area contributed by atoms with Gasteiger partial charge in [-0.15, -0.1) is 0 Å². The van der Waals surface area contributed by atoms with Crippen LogP contribution in [0.2, 0.25) is 0 Å². The molecule has 6 nitrogen and oxygen atoms in total. The van der Waals surface area contributed by atoms with Gasteiger partial charge >= 0.3 is 17.9 Å². The van der Waals surface area contributed by atoms with Crippen LogP contribution in [-0.2, 0) is 28.6 Å². The van der Waals surface area contributed by atoms with Gasteiger partial charge in [0.05, 0.1) is 0 Å². The first kappa shape index (κ1) is 67.8. The predicted octanol–water partition coefficient (Wildman–Crippen LogP) is 20.5. The molecular weight excluding hydrogens is 877 g/mol. The minimum atomic E-state index is -0.795. The number of allylic oxidation sites excluding steroid dienone is 12. The third-order valence-corrected chi connectivity index (χ3v) is 13.2. The average molecular weight is 992 g/mol. The molecular formula is C65H114O6. The van der Waals surface area contributed by atoms with Gasteiger partial charge < -0.3 is 14.2 Å². The lowest BCUT2D eigenvalue weighted by molar-refractivity contribution is -0.167. The highest BCUT2D eigenvalue weighted by Gasteiger charge is 2.19. The lowest BCUT2D eigenvalue weighted by Crippen LogP contribution is -2.30. The summed E-state index contributed by atoms with van der Waals surface area (Å²) in [7, 11) is 0. The molecule has 0 spiro atoms. The van der Waals surface area contributed by atoms with Crippen molar-refractivity contribution in [1.82, 2.24) is 0 Å². The zero-order chi connectivity index (χ0) is 51.4. The van der Waals surface area contributed by atoms with Crippen molar-refractivity contribution >= 4 is 17.9 Å². The zero-order valence-corrected chi connectivity index (χ0v) is 47.0. The van der Waals surface area contributed by atoms with E-state index in [0.717, 1.165) is 89.9 Å². The van der Waals surface area contributed by atoms with E-state index >= 15 is 0 Å². The number of esters is 3. The van der Waals surface area contributed by atoms with Gasteiger partial charge in [-0.25, -0.2) is 0 Å². The van der Waals surface area contributed by atoms with Gasteiger partial charge in [0.1, 0.15) is 13.2 Å². The Morgan fingerprint density at radius 1 is 0.282 bits per heavy atom. The van der Waals surface area contributed by atoms with Crippen LogP contribution in [0.5, 0.6) is 0 Å². The van der Waals surface area contributed by atoms with Crippen molar-refractivity contribution in [2.45, 2.75) is 309 Å². The topological polar surface area (TPSA) is 78.9 Å². The molecule has 0 saturated heterocycles. The molecule has 0 aliphatic heterocycles. The Labute approximate surface area is 440 Å². The molecule has 71 heavy (non-hydrogen) atoms. The first-order valence-corrected chi connectivity index (χ1v) is 30.4. The lowest BCUT2D eigenvalue weighted by Gasteiger charge is -2.18. The molecule has 0 heterocycles. The van der Waals surface area contributed by atoms with Crippen LogP contribution < -0.4 is 0 Å². The maximum atomic E-state index is 12.9. The Morgan fingerprint density at radius 3 is 0.845 bits per heavy atom. The van der Waals surface area contributed by atoms with E-state index in [4.69, 9.17) is 14.2 Å². The summed E-state index contributed by atoms with van der Waals surface area (Å²) in [5.74, 6) is -0.924. The number of hydrogen-bond donors (Lipinski definition) is 0. The number of rotatable bonds is 55. The number of ether oxygens (including phenoxy) is 3. The quantitative estimate of drug-likeness (QED) is 0.0261. The summed E-state index contributed by atoms with van der Waals surface area (Å²) in [6.07, 6.45) is 76.1. The summed E-state index contributed by atoms with van der Waals surface area (Å²) >= 11 is 0. The molecule has 6 heteroatoms. The van der Waals surface area contributed by atoms with Crippen LogP contribution in [0.15, 0.2) is 72.9 Å². The summed E-state index contributed by atoms with van der Waals surface area (Å²) in [6.45, 7) is 6.59. The minimum absolute atomic E-state index is 0.0909. The number of hydrogen-bond acceptors (Lipinski definition) is 6. The Bertz CT molecular complexity index is 1320.